The van der Waals surface area contributed by atoms with E-state index in [9.17, 15) is 14.4 Å². The van der Waals surface area contributed by atoms with Gasteiger partial charge >= 0.3 is 0 Å². The molecule has 5 nitrogen and oxygen atoms in total. The molecule has 3 amide bonds. The number of carbonyl (C=O) groups excluding carboxylic acids is 3. The summed E-state index contributed by atoms with van der Waals surface area (Å²) in [5.74, 6) is -0.611. The third kappa shape index (κ3) is 4.46. The molecule has 0 bridgehead atoms. The van der Waals surface area contributed by atoms with Gasteiger partial charge in [0, 0.05) is 24.1 Å². The summed E-state index contributed by atoms with van der Waals surface area (Å²) < 4.78 is -0.173. The molecule has 1 rings (SSSR count). The first kappa shape index (κ1) is 18.0. The first-order valence-electron chi connectivity index (χ1n) is 7.53. The van der Waals surface area contributed by atoms with Crippen LogP contribution in [0.2, 0.25) is 0 Å². The van der Waals surface area contributed by atoms with Gasteiger partial charge in [-0.15, -0.1) is 0 Å². The Labute approximate surface area is 131 Å². The van der Waals surface area contributed by atoms with Crippen molar-refractivity contribution in [3.05, 3.63) is 0 Å². The molecule has 0 aliphatic carbocycles. The molecule has 2 atom stereocenters. The predicted octanol–water partition coefficient (Wildman–Crippen LogP) is 1.94. The molecule has 0 aromatic rings. The summed E-state index contributed by atoms with van der Waals surface area (Å²) in [4.78, 5) is 36.6. The lowest BCUT2D eigenvalue weighted by Crippen LogP contribution is -2.38. The van der Waals surface area contributed by atoms with Crippen molar-refractivity contribution in [2.24, 2.45) is 11.7 Å². The highest BCUT2D eigenvalue weighted by atomic mass is 32.2. The number of primary amides is 1. The monoisotopic (exact) mass is 314 g/mol. The minimum absolute atomic E-state index is 0.0337. The maximum absolute atomic E-state index is 12.5. The average Bonchev–Trinajstić information content (AvgIpc) is 2.74. The number of carbonyl (C=O) groups is 3. The van der Waals surface area contributed by atoms with Crippen LogP contribution >= 0.6 is 11.8 Å². The van der Waals surface area contributed by atoms with E-state index in [0.717, 1.165) is 19.3 Å². The number of nitrogens with zero attached hydrogens (tertiary/aromatic N) is 1. The van der Waals surface area contributed by atoms with E-state index >= 15 is 0 Å². The first-order valence-corrected chi connectivity index (χ1v) is 8.75. The second-order valence-corrected chi connectivity index (χ2v) is 7.13. The fraction of sp³-hybridized carbons (Fsp3) is 0.800. The van der Waals surface area contributed by atoms with Gasteiger partial charge in [-0.3, -0.25) is 19.3 Å². The van der Waals surface area contributed by atoms with Gasteiger partial charge in [0.25, 0.3) is 0 Å². The minimum Gasteiger partial charge on any atom is -0.370 e. The Morgan fingerprint density at radius 3 is 2.57 bits per heavy atom. The Bertz CT molecular complexity index is 408. The van der Waals surface area contributed by atoms with Gasteiger partial charge in [0.05, 0.1) is 5.92 Å². The number of unbranched alkanes of at least 4 members (excludes halogenated alkanes) is 2. The van der Waals surface area contributed by atoms with Gasteiger partial charge in [0.15, 0.2) is 0 Å². The number of rotatable bonds is 9. The Hall–Kier alpha value is -1.04. The molecule has 1 fully saturated rings. The molecule has 1 aliphatic heterocycles. The van der Waals surface area contributed by atoms with Crippen molar-refractivity contribution < 1.29 is 14.4 Å². The number of imide groups is 1. The highest BCUT2D eigenvalue weighted by molar-refractivity contribution is 8.00. The third-order valence-corrected chi connectivity index (χ3v) is 5.96. The van der Waals surface area contributed by atoms with E-state index in [-0.39, 0.29) is 28.4 Å². The van der Waals surface area contributed by atoms with Gasteiger partial charge in [-0.05, 0) is 32.4 Å². The van der Waals surface area contributed by atoms with Gasteiger partial charge in [-0.25, -0.2) is 0 Å². The van der Waals surface area contributed by atoms with Crippen molar-refractivity contribution in [2.75, 3.05) is 12.8 Å². The maximum Gasteiger partial charge on any atom is 0.234 e. The molecular formula is C15H26N2O3S. The molecule has 1 saturated heterocycles. The Morgan fingerprint density at radius 1 is 1.38 bits per heavy atom. The molecule has 0 aromatic heterocycles. The van der Waals surface area contributed by atoms with Crippen LogP contribution in [-0.2, 0) is 14.4 Å². The lowest BCUT2D eigenvalue weighted by atomic mass is 9.89. The van der Waals surface area contributed by atoms with Crippen LogP contribution < -0.4 is 5.73 Å². The van der Waals surface area contributed by atoms with E-state index in [1.807, 2.05) is 6.26 Å². The second kappa shape index (κ2) is 7.82. The van der Waals surface area contributed by atoms with E-state index in [4.69, 9.17) is 5.73 Å². The van der Waals surface area contributed by atoms with Gasteiger partial charge < -0.3 is 5.73 Å². The smallest absolute Gasteiger partial charge is 0.234 e. The fourth-order valence-electron chi connectivity index (χ4n) is 2.67. The average molecular weight is 314 g/mol. The zero-order valence-corrected chi connectivity index (χ0v) is 14.0. The molecule has 0 saturated carbocycles. The van der Waals surface area contributed by atoms with Crippen molar-refractivity contribution in [1.82, 2.24) is 4.90 Å². The molecule has 120 valence electrons. The van der Waals surface area contributed by atoms with Gasteiger partial charge in [0.2, 0.25) is 17.7 Å². The Kier molecular flexibility index (Phi) is 6.71. The van der Waals surface area contributed by atoms with Crippen LogP contribution in [-0.4, -0.2) is 40.2 Å². The Balaban J connectivity index is 2.52. The lowest BCUT2D eigenvalue weighted by Gasteiger charge is -2.31. The summed E-state index contributed by atoms with van der Waals surface area (Å²) in [6, 6.07) is 0. The molecule has 6 heteroatoms. The van der Waals surface area contributed by atoms with Crippen molar-refractivity contribution in [1.29, 1.82) is 0 Å². The van der Waals surface area contributed by atoms with Crippen molar-refractivity contribution in [3.8, 4) is 0 Å². The summed E-state index contributed by atoms with van der Waals surface area (Å²) in [6.07, 6.45) is 5.80. The largest absolute Gasteiger partial charge is 0.370 e. The molecule has 2 unspecified atom stereocenters. The van der Waals surface area contributed by atoms with Gasteiger partial charge in [-0.2, -0.15) is 11.8 Å². The van der Waals surface area contributed by atoms with E-state index in [1.165, 1.54) is 4.90 Å². The normalized spacial score (nSPS) is 21.7. The molecule has 0 radical (unpaired) electrons. The van der Waals surface area contributed by atoms with Crippen LogP contribution in [0, 0.1) is 5.92 Å². The quantitative estimate of drug-likeness (QED) is 0.521. The zero-order chi connectivity index (χ0) is 16.0. The first-order chi connectivity index (χ1) is 9.85. The molecule has 2 N–H and O–H groups in total. The minimum atomic E-state index is -0.304. The fourth-order valence-corrected chi connectivity index (χ4v) is 3.43. The lowest BCUT2D eigenvalue weighted by molar-refractivity contribution is -0.139. The summed E-state index contributed by atoms with van der Waals surface area (Å²) >= 11 is 1.66. The standard InChI is InChI=1S/C15H26N2O3S/c1-4-15(2,21-3)11-10-13(19)17(14(11)20)9-7-5-6-8-12(16)18/h11H,4-10H2,1-3H3,(H2,16,18). The third-order valence-electron chi connectivity index (χ3n) is 4.45. The Morgan fingerprint density at radius 2 is 2.05 bits per heavy atom. The summed E-state index contributed by atoms with van der Waals surface area (Å²) in [5, 5.41) is 0. The topological polar surface area (TPSA) is 80.5 Å². The SMILES string of the molecule is CCC(C)(SC)C1CC(=O)N(CCCCCC(N)=O)C1=O. The van der Waals surface area contributed by atoms with Crippen molar-refractivity contribution in [3.63, 3.8) is 0 Å². The van der Waals surface area contributed by atoms with E-state index in [0.29, 0.717) is 25.8 Å². The predicted molar refractivity (Wildman–Crippen MR) is 84.7 cm³/mol. The summed E-state index contributed by atoms with van der Waals surface area (Å²) in [7, 11) is 0. The van der Waals surface area contributed by atoms with E-state index in [2.05, 4.69) is 13.8 Å². The van der Waals surface area contributed by atoms with Crippen LogP contribution in [0.5, 0.6) is 0 Å². The zero-order valence-electron chi connectivity index (χ0n) is 13.2. The molecule has 21 heavy (non-hydrogen) atoms. The highest BCUT2D eigenvalue weighted by Gasteiger charge is 2.47. The second-order valence-electron chi connectivity index (χ2n) is 5.79. The van der Waals surface area contributed by atoms with Crippen LogP contribution in [0.3, 0.4) is 0 Å². The van der Waals surface area contributed by atoms with Crippen LogP contribution in [0.1, 0.15) is 52.4 Å². The molecule has 1 heterocycles. The number of thioether (sulfide) groups is 1. The summed E-state index contributed by atoms with van der Waals surface area (Å²) in [5.41, 5.74) is 5.08. The summed E-state index contributed by atoms with van der Waals surface area (Å²) in [6.45, 7) is 4.58. The van der Waals surface area contributed by atoms with E-state index < -0.39 is 0 Å². The number of hydrogen-bond acceptors (Lipinski definition) is 4. The van der Waals surface area contributed by atoms with Crippen LogP contribution in [0.4, 0.5) is 0 Å². The molecule has 0 aromatic carbocycles. The number of likely N-dealkylation sites (tertiary alicyclic amines) is 1. The number of amides is 3. The van der Waals surface area contributed by atoms with Gasteiger partial charge in [-0.1, -0.05) is 13.3 Å². The molecule has 1 aliphatic rings. The van der Waals surface area contributed by atoms with E-state index in [1.54, 1.807) is 11.8 Å². The van der Waals surface area contributed by atoms with Gasteiger partial charge in [0.1, 0.15) is 0 Å². The van der Waals surface area contributed by atoms with Crippen molar-refractivity contribution >= 4 is 29.5 Å². The highest BCUT2D eigenvalue weighted by Crippen LogP contribution is 2.40. The molecular weight excluding hydrogens is 288 g/mol. The number of nitrogens with two attached hydrogens (primary N) is 1. The maximum atomic E-state index is 12.5. The molecule has 0 spiro atoms. The van der Waals surface area contributed by atoms with Crippen molar-refractivity contribution in [2.45, 2.75) is 57.1 Å². The van der Waals surface area contributed by atoms with Crippen LogP contribution in [0.25, 0.3) is 0 Å². The van der Waals surface area contributed by atoms with Crippen LogP contribution in [0.15, 0.2) is 0 Å². The number of hydrogen-bond donors (Lipinski definition) is 1.